The number of nitrogens with one attached hydrogen (secondary N) is 2. The Labute approximate surface area is 115 Å². The molecule has 0 aliphatic carbocycles. The highest BCUT2D eigenvalue weighted by Gasteiger charge is 2.07. The van der Waals surface area contributed by atoms with Crippen molar-refractivity contribution in [3.8, 4) is 0 Å². The van der Waals surface area contributed by atoms with Crippen LogP contribution in [-0.2, 0) is 6.42 Å². The first kappa shape index (κ1) is 14.1. The first-order valence-electron chi connectivity index (χ1n) is 7.19. The number of rotatable bonds is 7. The van der Waals surface area contributed by atoms with Crippen LogP contribution in [0.25, 0.3) is 10.9 Å². The van der Waals surface area contributed by atoms with Crippen LogP contribution in [-0.4, -0.2) is 24.6 Å². The van der Waals surface area contributed by atoms with Crippen molar-refractivity contribution in [2.75, 3.05) is 19.6 Å². The van der Waals surface area contributed by atoms with Crippen LogP contribution < -0.4 is 11.1 Å². The van der Waals surface area contributed by atoms with Crippen molar-refractivity contribution in [1.29, 1.82) is 0 Å². The smallest absolute Gasteiger partial charge is 0.0458 e. The quantitative estimate of drug-likeness (QED) is 0.669. The summed E-state index contributed by atoms with van der Waals surface area (Å²) in [5.41, 5.74) is 9.59. The Morgan fingerprint density at radius 3 is 2.84 bits per heavy atom. The molecule has 0 saturated heterocycles. The minimum atomic E-state index is 0.613. The molecule has 0 bridgehead atoms. The molecule has 1 aromatic carbocycles. The summed E-state index contributed by atoms with van der Waals surface area (Å²) in [4.78, 5) is 3.45. The number of aromatic nitrogens is 1. The van der Waals surface area contributed by atoms with Gasteiger partial charge in [0.05, 0.1) is 0 Å². The minimum absolute atomic E-state index is 0.613. The molecule has 104 valence electrons. The van der Waals surface area contributed by atoms with E-state index in [1.54, 1.807) is 0 Å². The zero-order chi connectivity index (χ0) is 13.7. The normalized spacial score (nSPS) is 13.0. The topological polar surface area (TPSA) is 53.8 Å². The van der Waals surface area contributed by atoms with E-state index in [9.17, 15) is 0 Å². The van der Waals surface area contributed by atoms with Crippen molar-refractivity contribution in [2.24, 2.45) is 11.7 Å². The fraction of sp³-hybridized carbons (Fsp3) is 0.500. The Kier molecular flexibility index (Phi) is 5.00. The molecule has 3 heteroatoms. The fourth-order valence-electron chi connectivity index (χ4n) is 2.46. The van der Waals surface area contributed by atoms with Gasteiger partial charge in [-0.05, 0) is 56.9 Å². The number of hydrogen-bond donors (Lipinski definition) is 3. The molecule has 0 amide bonds. The molecule has 1 heterocycles. The van der Waals surface area contributed by atoms with Gasteiger partial charge in [-0.25, -0.2) is 0 Å². The van der Waals surface area contributed by atoms with Gasteiger partial charge >= 0.3 is 0 Å². The number of H-pyrrole nitrogens is 1. The number of benzene rings is 1. The zero-order valence-corrected chi connectivity index (χ0v) is 12.0. The lowest BCUT2D eigenvalue weighted by atomic mass is 10.1. The van der Waals surface area contributed by atoms with Crippen molar-refractivity contribution in [2.45, 2.75) is 26.7 Å². The summed E-state index contributed by atoms with van der Waals surface area (Å²) >= 11 is 0. The van der Waals surface area contributed by atoms with Gasteiger partial charge in [-0.2, -0.15) is 0 Å². The highest BCUT2D eigenvalue weighted by atomic mass is 14.8. The van der Waals surface area contributed by atoms with Crippen molar-refractivity contribution >= 4 is 10.9 Å². The predicted molar refractivity (Wildman–Crippen MR) is 82.4 cm³/mol. The van der Waals surface area contributed by atoms with Gasteiger partial charge in [0.2, 0.25) is 0 Å². The first-order valence-corrected chi connectivity index (χ1v) is 7.19. The van der Waals surface area contributed by atoms with Gasteiger partial charge in [-0.1, -0.05) is 25.1 Å². The summed E-state index contributed by atoms with van der Waals surface area (Å²) in [5.74, 6) is 0.613. The van der Waals surface area contributed by atoms with E-state index in [1.165, 1.54) is 22.2 Å². The number of hydrogen-bond acceptors (Lipinski definition) is 2. The van der Waals surface area contributed by atoms with E-state index in [0.29, 0.717) is 5.92 Å². The van der Waals surface area contributed by atoms with Gasteiger partial charge in [0.15, 0.2) is 0 Å². The maximum Gasteiger partial charge on any atom is 0.0458 e. The first-order chi connectivity index (χ1) is 9.22. The van der Waals surface area contributed by atoms with Crippen molar-refractivity contribution in [3.63, 3.8) is 0 Å². The average Bonchev–Trinajstić information content (AvgIpc) is 2.74. The van der Waals surface area contributed by atoms with Crippen LogP contribution in [0, 0.1) is 12.8 Å². The largest absolute Gasteiger partial charge is 0.358 e. The Balaban J connectivity index is 1.86. The molecule has 0 saturated carbocycles. The molecule has 19 heavy (non-hydrogen) atoms. The maximum atomic E-state index is 5.61. The summed E-state index contributed by atoms with van der Waals surface area (Å²) in [5, 5.41) is 4.87. The molecular weight excluding hydrogens is 234 g/mol. The number of aromatic amines is 1. The standard InChI is InChI=1S/C16H25N3/c1-12(11-17)7-9-18-10-8-14-13(2)19-16-6-4-3-5-15(14)16/h3-6,12,18-19H,7-11,17H2,1-2H3. The van der Waals surface area contributed by atoms with E-state index in [-0.39, 0.29) is 0 Å². The van der Waals surface area contributed by atoms with Crippen LogP contribution in [0.15, 0.2) is 24.3 Å². The van der Waals surface area contributed by atoms with Crippen LogP contribution in [0.4, 0.5) is 0 Å². The Bertz CT molecular complexity index is 516. The van der Waals surface area contributed by atoms with E-state index in [1.807, 2.05) is 0 Å². The number of aryl methyl sites for hydroxylation is 1. The second-order valence-electron chi connectivity index (χ2n) is 5.40. The second kappa shape index (κ2) is 6.73. The lowest BCUT2D eigenvalue weighted by Gasteiger charge is -2.09. The van der Waals surface area contributed by atoms with Crippen molar-refractivity contribution < 1.29 is 0 Å². The molecule has 0 radical (unpaired) electrons. The van der Waals surface area contributed by atoms with E-state index in [0.717, 1.165) is 32.5 Å². The fourth-order valence-corrected chi connectivity index (χ4v) is 2.46. The molecule has 4 N–H and O–H groups in total. The van der Waals surface area contributed by atoms with Crippen molar-refractivity contribution in [1.82, 2.24) is 10.3 Å². The summed E-state index contributed by atoms with van der Waals surface area (Å²) < 4.78 is 0. The Morgan fingerprint density at radius 2 is 2.05 bits per heavy atom. The van der Waals surface area contributed by atoms with E-state index in [2.05, 4.69) is 48.4 Å². The van der Waals surface area contributed by atoms with Gasteiger partial charge in [0.1, 0.15) is 0 Å². The predicted octanol–water partition coefficient (Wildman–Crippen LogP) is 2.59. The molecule has 0 aliphatic heterocycles. The van der Waals surface area contributed by atoms with Crippen LogP contribution in [0.1, 0.15) is 24.6 Å². The number of fused-ring (bicyclic) bond motifs is 1. The van der Waals surface area contributed by atoms with Crippen LogP contribution in [0.3, 0.4) is 0 Å². The monoisotopic (exact) mass is 259 g/mol. The van der Waals surface area contributed by atoms with Crippen LogP contribution >= 0.6 is 0 Å². The molecule has 0 aliphatic rings. The minimum Gasteiger partial charge on any atom is -0.358 e. The highest BCUT2D eigenvalue weighted by molar-refractivity contribution is 5.84. The molecule has 1 atom stereocenters. The lowest BCUT2D eigenvalue weighted by molar-refractivity contribution is 0.511. The van der Waals surface area contributed by atoms with Crippen LogP contribution in [0.2, 0.25) is 0 Å². The van der Waals surface area contributed by atoms with Gasteiger partial charge in [0, 0.05) is 16.6 Å². The Hall–Kier alpha value is -1.32. The Morgan fingerprint density at radius 1 is 1.26 bits per heavy atom. The molecular formula is C16H25N3. The number of nitrogens with two attached hydrogens (primary N) is 1. The third-order valence-electron chi connectivity index (χ3n) is 3.80. The van der Waals surface area contributed by atoms with E-state index >= 15 is 0 Å². The van der Waals surface area contributed by atoms with Gasteiger partial charge in [0.25, 0.3) is 0 Å². The lowest BCUT2D eigenvalue weighted by Crippen LogP contribution is -2.22. The third kappa shape index (κ3) is 3.58. The molecule has 1 unspecified atom stereocenters. The maximum absolute atomic E-state index is 5.61. The van der Waals surface area contributed by atoms with Gasteiger partial charge in [-0.3, -0.25) is 0 Å². The zero-order valence-electron chi connectivity index (χ0n) is 12.0. The van der Waals surface area contributed by atoms with Crippen LogP contribution in [0.5, 0.6) is 0 Å². The molecule has 0 spiro atoms. The molecule has 0 fully saturated rings. The molecule has 2 rings (SSSR count). The summed E-state index contributed by atoms with van der Waals surface area (Å²) in [6.07, 6.45) is 2.23. The van der Waals surface area contributed by atoms with Gasteiger partial charge in [-0.15, -0.1) is 0 Å². The number of para-hydroxylation sites is 1. The molecule has 1 aromatic heterocycles. The third-order valence-corrected chi connectivity index (χ3v) is 3.80. The summed E-state index contributed by atoms with van der Waals surface area (Å²) in [6, 6.07) is 8.52. The average molecular weight is 259 g/mol. The second-order valence-corrected chi connectivity index (χ2v) is 5.40. The summed E-state index contributed by atoms with van der Waals surface area (Å²) in [7, 11) is 0. The van der Waals surface area contributed by atoms with E-state index < -0.39 is 0 Å². The van der Waals surface area contributed by atoms with Gasteiger partial charge < -0.3 is 16.0 Å². The molecule has 3 nitrogen and oxygen atoms in total. The highest BCUT2D eigenvalue weighted by Crippen LogP contribution is 2.21. The SMILES string of the molecule is Cc1[nH]c2ccccc2c1CCNCCC(C)CN. The molecule has 2 aromatic rings. The summed E-state index contributed by atoms with van der Waals surface area (Å²) in [6.45, 7) is 7.22. The van der Waals surface area contributed by atoms with Crippen molar-refractivity contribution in [3.05, 3.63) is 35.5 Å². The van der Waals surface area contributed by atoms with E-state index in [4.69, 9.17) is 5.73 Å².